The summed E-state index contributed by atoms with van der Waals surface area (Å²) in [6.07, 6.45) is -4.50. The predicted octanol–water partition coefficient (Wildman–Crippen LogP) is 7.18. The van der Waals surface area contributed by atoms with E-state index < -0.39 is 29.5 Å². The quantitative estimate of drug-likeness (QED) is 0.207. The van der Waals surface area contributed by atoms with Gasteiger partial charge in [-0.15, -0.1) is 6.58 Å². The second-order valence-corrected chi connectivity index (χ2v) is 10.3. The van der Waals surface area contributed by atoms with Crippen LogP contribution in [0.25, 0.3) is 10.9 Å². The van der Waals surface area contributed by atoms with Crippen molar-refractivity contribution in [2.45, 2.75) is 37.3 Å². The number of para-hydroxylation sites is 1. The van der Waals surface area contributed by atoms with Gasteiger partial charge in [0.2, 0.25) is 0 Å². The summed E-state index contributed by atoms with van der Waals surface area (Å²) in [5.41, 5.74) is -1.54. The van der Waals surface area contributed by atoms with Crippen molar-refractivity contribution in [2.75, 3.05) is 13.1 Å². The van der Waals surface area contributed by atoms with E-state index >= 15 is 0 Å². The normalized spacial score (nSPS) is 24.3. The fourth-order valence-corrected chi connectivity index (χ4v) is 6.05. The average Bonchev–Trinajstić information content (AvgIpc) is 2.90. The van der Waals surface area contributed by atoms with Crippen LogP contribution in [0.4, 0.5) is 26.3 Å². The van der Waals surface area contributed by atoms with Gasteiger partial charge in [-0.2, -0.15) is 26.3 Å². The zero-order valence-corrected chi connectivity index (χ0v) is 21.0. The number of fused-ring (bicyclic) bond motifs is 4. The monoisotopic (exact) mass is 549 g/mol. The molecule has 0 saturated carbocycles. The lowest BCUT2D eigenvalue weighted by atomic mass is 9.73. The minimum absolute atomic E-state index is 0.0680. The molecule has 0 aliphatic carbocycles. The molecule has 0 radical (unpaired) electrons. The third-order valence-corrected chi connectivity index (χ3v) is 8.05. The second kappa shape index (κ2) is 9.96. The molecular weight excluding hydrogens is 524 g/mol. The first-order chi connectivity index (χ1) is 18.0. The van der Waals surface area contributed by atoms with Gasteiger partial charge in [0, 0.05) is 29.7 Å². The first kappa shape index (κ1) is 26.6. The first-order valence-corrected chi connectivity index (χ1v) is 12.7. The molecule has 6 rings (SSSR count). The van der Waals surface area contributed by atoms with Crippen LogP contribution >= 0.6 is 12.2 Å². The Labute approximate surface area is 221 Å². The minimum Gasteiger partial charge on any atom is -0.367 e. The Balaban J connectivity index is 1.57. The summed E-state index contributed by atoms with van der Waals surface area (Å²) in [7, 11) is 0. The summed E-state index contributed by atoms with van der Waals surface area (Å²) in [5.74, 6) is 0.721. The van der Waals surface area contributed by atoms with Crippen molar-refractivity contribution >= 4 is 28.1 Å². The highest BCUT2D eigenvalue weighted by Gasteiger charge is 2.43. The molecule has 0 amide bonds. The molecule has 2 aromatic carbocycles. The number of nitrogens with zero attached hydrogens (tertiary/aromatic N) is 2. The van der Waals surface area contributed by atoms with Crippen LogP contribution in [0.1, 0.15) is 41.1 Å². The van der Waals surface area contributed by atoms with Crippen molar-refractivity contribution in [1.82, 2.24) is 15.2 Å². The van der Waals surface area contributed by atoms with Crippen molar-refractivity contribution in [2.24, 2.45) is 11.8 Å². The molecule has 3 saturated heterocycles. The van der Waals surface area contributed by atoms with E-state index in [1.54, 1.807) is 6.20 Å². The first-order valence-electron chi connectivity index (χ1n) is 12.3. The number of hydrogen-bond acceptors (Lipinski definition) is 3. The number of benzene rings is 2. The Bertz CT molecular complexity index is 1330. The molecule has 38 heavy (non-hydrogen) atoms. The van der Waals surface area contributed by atoms with Crippen molar-refractivity contribution in [3.05, 3.63) is 89.6 Å². The fourth-order valence-electron chi connectivity index (χ4n) is 5.80. The smallest absolute Gasteiger partial charge is 0.367 e. The molecule has 1 N–H and O–H groups in total. The molecule has 3 aromatic rings. The summed E-state index contributed by atoms with van der Waals surface area (Å²) in [5, 5.41) is 4.03. The zero-order valence-electron chi connectivity index (χ0n) is 20.2. The highest BCUT2D eigenvalue weighted by molar-refractivity contribution is 7.80. The van der Waals surface area contributed by atoms with Crippen LogP contribution < -0.4 is 5.32 Å². The molecule has 200 valence electrons. The minimum atomic E-state index is -4.96. The summed E-state index contributed by atoms with van der Waals surface area (Å²) in [4.78, 5) is 6.56. The van der Waals surface area contributed by atoms with Crippen molar-refractivity contribution in [3.8, 4) is 0 Å². The Morgan fingerprint density at radius 1 is 1.05 bits per heavy atom. The highest BCUT2D eigenvalue weighted by atomic mass is 32.1. The maximum Gasteiger partial charge on any atom is 0.416 e. The van der Waals surface area contributed by atoms with E-state index in [0.29, 0.717) is 24.0 Å². The van der Waals surface area contributed by atoms with E-state index in [2.05, 4.69) is 21.8 Å². The number of nitrogens with one attached hydrogen (secondary N) is 1. The summed E-state index contributed by atoms with van der Waals surface area (Å²) < 4.78 is 81.1. The van der Waals surface area contributed by atoms with Crippen LogP contribution in [-0.4, -0.2) is 34.0 Å². The molecule has 3 fully saturated rings. The maximum atomic E-state index is 13.5. The number of alkyl halides is 6. The lowest BCUT2D eigenvalue weighted by Crippen LogP contribution is -2.57. The lowest BCUT2D eigenvalue weighted by molar-refractivity contribution is -0.143. The van der Waals surface area contributed by atoms with Crippen molar-refractivity contribution in [1.29, 1.82) is 0 Å². The Hall–Kier alpha value is -2.98. The van der Waals surface area contributed by atoms with E-state index in [-0.39, 0.29) is 22.7 Å². The molecule has 4 heterocycles. The van der Waals surface area contributed by atoms with Gasteiger partial charge < -0.3 is 5.32 Å². The topological polar surface area (TPSA) is 28.2 Å². The molecule has 3 aliphatic heterocycles. The fraction of sp³-hybridized carbons (Fsp3) is 0.357. The van der Waals surface area contributed by atoms with E-state index in [9.17, 15) is 26.3 Å². The third kappa shape index (κ3) is 5.16. The van der Waals surface area contributed by atoms with Crippen LogP contribution in [0.5, 0.6) is 0 Å². The van der Waals surface area contributed by atoms with Gasteiger partial charge in [0.15, 0.2) is 0 Å². The van der Waals surface area contributed by atoms with Crippen LogP contribution in [0.3, 0.4) is 0 Å². The summed E-state index contributed by atoms with van der Waals surface area (Å²) in [6, 6.07) is 10.2. The van der Waals surface area contributed by atoms with E-state index in [4.69, 9.17) is 12.2 Å². The van der Waals surface area contributed by atoms with Crippen LogP contribution in [-0.2, 0) is 12.4 Å². The predicted molar refractivity (Wildman–Crippen MR) is 138 cm³/mol. The molecule has 0 spiro atoms. The number of thiocarbonyl (C=S) groups is 1. The largest absolute Gasteiger partial charge is 0.416 e. The van der Waals surface area contributed by atoms with E-state index in [0.717, 1.165) is 42.4 Å². The van der Waals surface area contributed by atoms with Gasteiger partial charge in [-0.3, -0.25) is 9.88 Å². The molecule has 3 aliphatic rings. The number of piperidine rings is 3. The summed E-state index contributed by atoms with van der Waals surface area (Å²) >= 11 is 5.49. The van der Waals surface area contributed by atoms with Gasteiger partial charge in [-0.25, -0.2) is 0 Å². The SMILES string of the molecule is C=C[C@H]1CN2CC[C@H]1C[C@@H]2[C@H](NC(=S)c1cc(C(F)(F)F)cc(C(F)(F)F)c1)c1ccnc2ccccc12. The van der Waals surface area contributed by atoms with Crippen LogP contribution in [0.2, 0.25) is 0 Å². The van der Waals surface area contributed by atoms with Gasteiger partial charge in [0.05, 0.1) is 22.7 Å². The van der Waals surface area contributed by atoms with Crippen molar-refractivity contribution < 1.29 is 26.3 Å². The molecule has 1 unspecified atom stereocenters. The molecule has 5 atom stereocenters. The van der Waals surface area contributed by atoms with Crippen LogP contribution in [0, 0.1) is 11.8 Å². The number of pyridine rings is 1. The highest BCUT2D eigenvalue weighted by Crippen LogP contribution is 2.42. The van der Waals surface area contributed by atoms with Gasteiger partial charge in [-0.1, -0.05) is 36.5 Å². The van der Waals surface area contributed by atoms with Gasteiger partial charge in [0.1, 0.15) is 4.99 Å². The van der Waals surface area contributed by atoms with Gasteiger partial charge >= 0.3 is 12.4 Å². The Morgan fingerprint density at radius 2 is 1.74 bits per heavy atom. The number of aromatic nitrogens is 1. The Kier molecular flexibility index (Phi) is 6.98. The second-order valence-electron chi connectivity index (χ2n) is 9.91. The van der Waals surface area contributed by atoms with Gasteiger partial charge in [-0.05, 0) is 67.1 Å². The Morgan fingerprint density at radius 3 is 2.34 bits per heavy atom. The number of rotatable bonds is 5. The van der Waals surface area contributed by atoms with Crippen LogP contribution in [0.15, 0.2) is 67.4 Å². The number of hydrogen-bond donors (Lipinski definition) is 1. The average molecular weight is 550 g/mol. The summed E-state index contributed by atoms with van der Waals surface area (Å²) in [6.45, 7) is 5.59. The molecular formula is C28H25F6N3S. The number of halogens is 6. The zero-order chi connectivity index (χ0) is 27.2. The lowest BCUT2D eigenvalue weighted by Gasteiger charge is -2.52. The third-order valence-electron chi connectivity index (χ3n) is 7.69. The van der Waals surface area contributed by atoms with E-state index in [1.165, 1.54) is 0 Å². The molecule has 3 nitrogen and oxygen atoms in total. The standard InChI is InChI=1S/C28H25F6N3S/c1-2-16-15-37-10-8-17(16)13-24(37)25(22-7-9-35-23-6-4-3-5-21(22)23)36-26(38)18-11-19(27(29,30)31)14-20(12-18)28(32,33)34/h2-7,9,11-12,14,16-17,24-25H,1,8,10,13,15H2,(H,36,38)/t16-,17-,24+,25+/m0/s1. The maximum absolute atomic E-state index is 13.5. The van der Waals surface area contributed by atoms with E-state index in [1.807, 2.05) is 36.4 Å². The van der Waals surface area contributed by atoms with Gasteiger partial charge in [0.25, 0.3) is 0 Å². The van der Waals surface area contributed by atoms with Crippen molar-refractivity contribution in [3.63, 3.8) is 0 Å². The molecule has 1 aromatic heterocycles. The molecule has 2 bridgehead atoms. The molecule has 10 heteroatoms.